The van der Waals surface area contributed by atoms with E-state index in [4.69, 9.17) is 9.47 Å². The van der Waals surface area contributed by atoms with Crippen LogP contribution in [-0.4, -0.2) is 13.2 Å². The van der Waals surface area contributed by atoms with Gasteiger partial charge in [0.15, 0.2) is 11.6 Å². The van der Waals surface area contributed by atoms with Crippen LogP contribution in [-0.2, 0) is 6.54 Å². The Bertz CT molecular complexity index is 626. The van der Waals surface area contributed by atoms with Crippen molar-refractivity contribution in [3.63, 3.8) is 0 Å². The Morgan fingerprint density at radius 3 is 2.30 bits per heavy atom. The zero-order valence-corrected chi connectivity index (χ0v) is 14.1. The zero-order valence-electron chi connectivity index (χ0n) is 14.1. The molecule has 0 bridgehead atoms. The zero-order chi connectivity index (χ0) is 16.8. The molecule has 2 aromatic rings. The summed E-state index contributed by atoms with van der Waals surface area (Å²) in [6.45, 7) is 6.73. The van der Waals surface area contributed by atoms with Gasteiger partial charge in [-0.15, -0.1) is 0 Å². The smallest absolute Gasteiger partial charge is 0.165 e. The minimum atomic E-state index is -0.339. The first kappa shape index (κ1) is 17.3. The van der Waals surface area contributed by atoms with Crippen molar-refractivity contribution < 1.29 is 13.9 Å². The topological polar surface area (TPSA) is 30.5 Å². The van der Waals surface area contributed by atoms with Gasteiger partial charge in [-0.2, -0.15) is 0 Å². The largest absolute Gasteiger partial charge is 0.494 e. The quantitative estimate of drug-likeness (QED) is 0.817. The first-order chi connectivity index (χ1) is 11.0. The van der Waals surface area contributed by atoms with Crippen molar-refractivity contribution >= 4 is 0 Å². The molecule has 1 atom stereocenters. The number of halogens is 1. The maximum atomic E-state index is 13.8. The summed E-state index contributed by atoms with van der Waals surface area (Å²) >= 11 is 0. The summed E-state index contributed by atoms with van der Waals surface area (Å²) in [7, 11) is 1.46. The lowest BCUT2D eigenvalue weighted by Crippen LogP contribution is -2.18. The maximum Gasteiger partial charge on any atom is 0.165 e. The monoisotopic (exact) mass is 317 g/mol. The highest BCUT2D eigenvalue weighted by atomic mass is 19.1. The Kier molecular flexibility index (Phi) is 5.99. The predicted octanol–water partition coefficient (Wildman–Crippen LogP) is 4.47. The molecule has 0 aromatic heterocycles. The van der Waals surface area contributed by atoms with E-state index in [1.807, 2.05) is 51.1 Å². The van der Waals surface area contributed by atoms with Gasteiger partial charge in [0, 0.05) is 12.6 Å². The van der Waals surface area contributed by atoms with Gasteiger partial charge in [-0.25, -0.2) is 4.39 Å². The number of hydrogen-bond donors (Lipinski definition) is 1. The van der Waals surface area contributed by atoms with Gasteiger partial charge in [0.1, 0.15) is 5.75 Å². The molecule has 0 saturated heterocycles. The number of methoxy groups -OCH3 is 1. The fourth-order valence-corrected chi connectivity index (χ4v) is 2.30. The summed E-state index contributed by atoms with van der Waals surface area (Å²) in [5.74, 6) is 0.796. The molecular formula is C19H24FNO2. The first-order valence-corrected chi connectivity index (χ1v) is 7.82. The van der Waals surface area contributed by atoms with E-state index in [2.05, 4.69) is 5.32 Å². The fourth-order valence-electron chi connectivity index (χ4n) is 2.30. The molecule has 2 rings (SSSR count). The number of benzene rings is 2. The van der Waals surface area contributed by atoms with Crippen LogP contribution in [0.25, 0.3) is 0 Å². The van der Waals surface area contributed by atoms with Crippen molar-refractivity contribution in [1.82, 2.24) is 5.32 Å². The lowest BCUT2D eigenvalue weighted by molar-refractivity contribution is 0.242. The van der Waals surface area contributed by atoms with Crippen molar-refractivity contribution in [2.45, 2.75) is 39.5 Å². The Labute approximate surface area is 137 Å². The van der Waals surface area contributed by atoms with Gasteiger partial charge in [-0.1, -0.05) is 18.2 Å². The molecular weight excluding hydrogens is 293 g/mol. The Balaban J connectivity index is 1.93. The van der Waals surface area contributed by atoms with Gasteiger partial charge < -0.3 is 14.8 Å². The predicted molar refractivity (Wildman–Crippen MR) is 90.4 cm³/mol. The molecule has 2 aromatic carbocycles. The number of ether oxygens (including phenoxy) is 2. The highest BCUT2D eigenvalue weighted by Gasteiger charge is 2.09. The molecule has 4 heteroatoms. The molecule has 0 aliphatic rings. The Hall–Kier alpha value is -2.07. The van der Waals surface area contributed by atoms with Crippen molar-refractivity contribution in [3.8, 4) is 11.5 Å². The molecule has 0 radical (unpaired) electrons. The molecule has 0 spiro atoms. The first-order valence-electron chi connectivity index (χ1n) is 7.82. The van der Waals surface area contributed by atoms with Crippen molar-refractivity contribution in [2.75, 3.05) is 7.11 Å². The lowest BCUT2D eigenvalue weighted by Gasteiger charge is -2.16. The van der Waals surface area contributed by atoms with Crippen LogP contribution in [0.15, 0.2) is 42.5 Å². The molecule has 0 aliphatic heterocycles. The van der Waals surface area contributed by atoms with Crippen LogP contribution >= 0.6 is 0 Å². The molecule has 1 N–H and O–H groups in total. The molecule has 0 aliphatic carbocycles. The van der Waals surface area contributed by atoms with Gasteiger partial charge in [0.25, 0.3) is 0 Å². The molecule has 23 heavy (non-hydrogen) atoms. The second-order valence-corrected chi connectivity index (χ2v) is 5.81. The summed E-state index contributed by atoms with van der Waals surface area (Å²) < 4.78 is 24.3. The van der Waals surface area contributed by atoms with Gasteiger partial charge in [0.2, 0.25) is 0 Å². The second-order valence-electron chi connectivity index (χ2n) is 5.81. The summed E-state index contributed by atoms with van der Waals surface area (Å²) in [6, 6.07) is 13.1. The van der Waals surface area contributed by atoms with E-state index in [1.54, 1.807) is 6.07 Å². The van der Waals surface area contributed by atoms with Gasteiger partial charge >= 0.3 is 0 Å². The molecule has 1 unspecified atom stereocenters. The Morgan fingerprint density at radius 2 is 1.74 bits per heavy atom. The summed E-state index contributed by atoms with van der Waals surface area (Å²) in [5, 5.41) is 3.39. The highest BCUT2D eigenvalue weighted by molar-refractivity contribution is 5.31. The third-order valence-electron chi connectivity index (χ3n) is 3.58. The fraction of sp³-hybridized carbons (Fsp3) is 0.368. The van der Waals surface area contributed by atoms with Crippen LogP contribution in [0, 0.1) is 5.82 Å². The summed E-state index contributed by atoms with van der Waals surface area (Å²) in [4.78, 5) is 0. The van der Waals surface area contributed by atoms with Gasteiger partial charge in [-0.05, 0) is 56.2 Å². The average molecular weight is 317 g/mol. The normalized spacial score (nSPS) is 12.3. The van der Waals surface area contributed by atoms with Gasteiger partial charge in [-0.3, -0.25) is 0 Å². The molecule has 0 fully saturated rings. The highest BCUT2D eigenvalue weighted by Crippen LogP contribution is 2.22. The molecule has 124 valence electrons. The summed E-state index contributed by atoms with van der Waals surface area (Å²) in [6.07, 6.45) is 0.170. The van der Waals surface area contributed by atoms with E-state index in [9.17, 15) is 4.39 Å². The van der Waals surface area contributed by atoms with Crippen molar-refractivity contribution in [1.29, 1.82) is 0 Å². The third kappa shape index (κ3) is 4.96. The minimum Gasteiger partial charge on any atom is -0.494 e. The average Bonchev–Trinajstić information content (AvgIpc) is 2.53. The van der Waals surface area contributed by atoms with Crippen molar-refractivity contribution in [3.05, 3.63) is 59.4 Å². The van der Waals surface area contributed by atoms with Crippen LogP contribution in [0.4, 0.5) is 4.39 Å². The standard InChI is InChI=1S/C19H24FNO2/c1-13(2)23-17-8-5-15(6-9-17)12-21-14(3)16-7-10-19(22-4)18(20)11-16/h5-11,13-14,21H,12H2,1-4H3. The van der Waals surface area contributed by atoms with Gasteiger partial charge in [0.05, 0.1) is 13.2 Å². The van der Waals surface area contributed by atoms with Crippen LogP contribution in [0.5, 0.6) is 11.5 Å². The second kappa shape index (κ2) is 7.97. The molecule has 0 heterocycles. The number of hydrogen-bond acceptors (Lipinski definition) is 3. The molecule has 3 nitrogen and oxygen atoms in total. The van der Waals surface area contributed by atoms with E-state index in [0.717, 1.165) is 16.9 Å². The number of rotatable bonds is 7. The van der Waals surface area contributed by atoms with E-state index in [1.165, 1.54) is 13.2 Å². The molecule has 0 amide bonds. The number of nitrogens with one attached hydrogen (secondary N) is 1. The lowest BCUT2D eigenvalue weighted by atomic mass is 10.1. The summed E-state index contributed by atoms with van der Waals surface area (Å²) in [5.41, 5.74) is 2.05. The Morgan fingerprint density at radius 1 is 1.04 bits per heavy atom. The molecule has 0 saturated carbocycles. The minimum absolute atomic E-state index is 0.0435. The van der Waals surface area contributed by atoms with Crippen LogP contribution in [0.3, 0.4) is 0 Å². The van der Waals surface area contributed by atoms with E-state index in [-0.39, 0.29) is 23.7 Å². The van der Waals surface area contributed by atoms with Crippen LogP contribution in [0.2, 0.25) is 0 Å². The van der Waals surface area contributed by atoms with E-state index in [0.29, 0.717) is 6.54 Å². The van der Waals surface area contributed by atoms with Crippen LogP contribution < -0.4 is 14.8 Å². The third-order valence-corrected chi connectivity index (χ3v) is 3.58. The van der Waals surface area contributed by atoms with E-state index < -0.39 is 0 Å². The SMILES string of the molecule is COc1ccc(C(C)NCc2ccc(OC(C)C)cc2)cc1F. The van der Waals surface area contributed by atoms with Crippen molar-refractivity contribution in [2.24, 2.45) is 0 Å². The maximum absolute atomic E-state index is 13.8. The van der Waals surface area contributed by atoms with Crippen LogP contribution in [0.1, 0.15) is 37.9 Å². The van der Waals surface area contributed by atoms with E-state index >= 15 is 0 Å².